The summed E-state index contributed by atoms with van der Waals surface area (Å²) in [5, 5.41) is 25.9. The number of methoxy groups -OCH3 is 2. The molecule has 142 heavy (non-hydrogen) atoms. The van der Waals surface area contributed by atoms with E-state index in [1.807, 2.05) is 195 Å². The lowest BCUT2D eigenvalue weighted by Crippen LogP contribution is -2.56. The summed E-state index contributed by atoms with van der Waals surface area (Å²) >= 11 is 0. The molecule has 0 spiro atoms. The van der Waals surface area contributed by atoms with Crippen LogP contribution in [0, 0.1) is 124 Å². The quantitative estimate of drug-likeness (QED) is 0.0306. The van der Waals surface area contributed by atoms with Crippen LogP contribution in [0.3, 0.4) is 0 Å². The van der Waals surface area contributed by atoms with E-state index in [1.165, 1.54) is 5.56 Å². The Labute approximate surface area is 863 Å². The standard InChI is InChI=1S/C33H47NO3.C26H49NO3.C24H46N2O4.C22H35NO2.C15H29NO4/c1-23(2)19-28(18-17-26-13-9-7-10-14-26)33(37)34-30(20-24(3)4)31(35)22-29(32(36)25(5)6)21-27-15-11-8-12-16-27;1-16(2)11-21(25(29)20(9)10)15-24(28)23(14-19(7)8)27-26(30)22(12-17(3)4)13-18(5)6;1-11-16(7)21(20(28)13-19(18(9)27)23(29)14(3)4)25-24(30)22(17(8)12-2)26(10)15(5)6;1-15(2)12-20(23-17(5)6)21(24)14-19(22(25)16(3)4)13-18-10-8-7-9-11-18;1-10(2)15(18)12(8-19-5)7-14(17)13(9-20-6)16-11(3)4/h7-16,23-25,28-30H,17-22H2,1-6H3,(H,34,37);16-23H,11-15H2,1-10H3,(H,27,30);14-19,21-22,27H,11-13H2,1-10H3,(H,25,30);7-11,15-17,19-20,23H,12-14H2,1-6H3;10-13,16H,7-9H2,1-6H3/t28-,29-,30+;21-,23+;16-,17-,18-,19-,21-,22-;19-,20+;12-,13-/m11010/s1. The van der Waals surface area contributed by atoms with Crippen LogP contribution in [0.15, 0.2) is 91.0 Å². The number of benzene rings is 3. The summed E-state index contributed by atoms with van der Waals surface area (Å²) in [6.07, 6.45) is 9.42. The third-order valence-electron chi connectivity index (χ3n) is 26.3. The Morgan fingerprint density at radius 1 is 0.317 bits per heavy atom. The molecule has 15 atom stereocenters. The molecule has 3 aromatic rings. The largest absolute Gasteiger partial charge is 0.393 e. The fourth-order valence-electron chi connectivity index (χ4n) is 18.2. The first-order valence-electron chi connectivity index (χ1n) is 54.4. The zero-order valence-corrected chi connectivity index (χ0v) is 96.2. The van der Waals surface area contributed by atoms with Crippen LogP contribution >= 0.6 is 0 Å². The van der Waals surface area contributed by atoms with E-state index in [9.17, 15) is 67.4 Å². The third-order valence-corrected chi connectivity index (χ3v) is 26.3. The second kappa shape index (κ2) is 73.6. The van der Waals surface area contributed by atoms with Gasteiger partial charge in [-0.15, -0.1) is 0 Å². The minimum atomic E-state index is -0.905. The molecular weight excluding hydrogens is 1780 g/mol. The molecular formula is C120H206N6O16. The van der Waals surface area contributed by atoms with Gasteiger partial charge in [0.05, 0.1) is 61.5 Å². The Balaban J connectivity index is 0. The van der Waals surface area contributed by atoms with Crippen molar-refractivity contribution in [3.63, 3.8) is 0 Å². The number of likely N-dealkylation sites (N-methyl/N-ethyl adjacent to an activating group) is 1. The van der Waals surface area contributed by atoms with Gasteiger partial charge in [-0.2, -0.15) is 0 Å². The predicted octanol–water partition coefficient (Wildman–Crippen LogP) is 22.3. The van der Waals surface area contributed by atoms with Gasteiger partial charge in [-0.1, -0.05) is 325 Å². The number of aryl methyl sites for hydroxylation is 1. The minimum Gasteiger partial charge on any atom is -0.393 e. The highest BCUT2D eigenvalue weighted by atomic mass is 16.5. The van der Waals surface area contributed by atoms with Crippen molar-refractivity contribution in [1.29, 1.82) is 0 Å². The van der Waals surface area contributed by atoms with E-state index in [1.54, 1.807) is 35.0 Å². The first-order chi connectivity index (χ1) is 66.1. The molecule has 0 bridgehead atoms. The summed E-state index contributed by atoms with van der Waals surface area (Å²) in [5.74, 6) is -0.0907. The molecule has 0 aromatic heterocycles. The Kier molecular flexibility index (Phi) is 70.8. The number of carbonyl (C=O) groups is 13. The van der Waals surface area contributed by atoms with Crippen molar-refractivity contribution in [2.75, 3.05) is 34.5 Å². The summed E-state index contributed by atoms with van der Waals surface area (Å²) in [5.41, 5.74) is 3.39. The number of rotatable bonds is 67. The molecule has 0 saturated carbocycles. The van der Waals surface area contributed by atoms with E-state index in [-0.39, 0.29) is 233 Å². The third kappa shape index (κ3) is 57.6. The summed E-state index contributed by atoms with van der Waals surface area (Å²) in [4.78, 5) is 170. The second-order valence-electron chi connectivity index (χ2n) is 46.2. The van der Waals surface area contributed by atoms with Crippen LogP contribution in [0.2, 0.25) is 0 Å². The molecule has 0 heterocycles. The number of hydrogen-bond donors (Lipinski definition) is 6. The van der Waals surface area contributed by atoms with E-state index in [2.05, 4.69) is 156 Å². The van der Waals surface area contributed by atoms with Crippen molar-refractivity contribution in [2.45, 2.75) is 418 Å². The van der Waals surface area contributed by atoms with Crippen molar-refractivity contribution >= 4 is 75.6 Å². The SMILES string of the molecule is CC(C)CC(CC(C)C)C(=O)N[C@@H](CC(C)C)C(=O)C[C@@H](CC(C)C)C(=O)C(C)C.CC(C)C[C@@H](CCc1ccccc1)C(=O)N[C@@H](CC(C)C)C(=O)C[C@@H](Cc1ccccc1)C(=O)C(C)C.CC(C)C[C@H](NC(C)C)C(=O)C[C@@H](Cc1ccccc1)C(=O)C(C)C.CC[C@H](C)[C@H](NC(=O)[C@H]([C@@H](C)CC)N(C)C(C)C)C(=O)C[C@H](C(=O)C(C)C)[C@H](C)O.COC[C@H](CC(=O)[C@H](COC)NC(C)C)C(=O)C(C)C. The number of hydrogen-bond acceptors (Lipinski definition) is 19. The average Bonchev–Trinajstić information content (AvgIpc) is 0.547. The molecule has 3 aromatic carbocycles. The fraction of sp³-hybridized carbons (Fsp3) is 0.742. The molecule has 0 fully saturated rings. The number of ketones is 10. The van der Waals surface area contributed by atoms with Gasteiger partial charge >= 0.3 is 0 Å². The first kappa shape index (κ1) is 137. The summed E-state index contributed by atoms with van der Waals surface area (Å²) < 4.78 is 10.1. The molecule has 3 amide bonds. The predicted molar refractivity (Wildman–Crippen MR) is 584 cm³/mol. The van der Waals surface area contributed by atoms with E-state index < -0.39 is 30.1 Å². The lowest BCUT2D eigenvalue weighted by molar-refractivity contribution is -0.137. The van der Waals surface area contributed by atoms with Crippen LogP contribution in [-0.4, -0.2) is 181 Å². The molecule has 0 unspecified atom stereocenters. The Bertz CT molecular complexity index is 4040. The zero-order chi connectivity index (χ0) is 109. The maximum absolute atomic E-state index is 13.6. The summed E-state index contributed by atoms with van der Waals surface area (Å²) in [6, 6.07) is 28.1. The van der Waals surface area contributed by atoms with Gasteiger partial charge in [-0.05, 0) is 168 Å². The lowest BCUT2D eigenvalue weighted by atomic mass is 9.82. The van der Waals surface area contributed by atoms with E-state index >= 15 is 0 Å². The first-order valence-corrected chi connectivity index (χ1v) is 54.4. The number of amides is 3. The van der Waals surface area contributed by atoms with Gasteiger partial charge in [0.1, 0.15) is 34.7 Å². The van der Waals surface area contributed by atoms with Crippen LogP contribution < -0.4 is 26.6 Å². The molecule has 3 rings (SSSR count). The van der Waals surface area contributed by atoms with Crippen molar-refractivity contribution in [3.8, 4) is 0 Å². The maximum Gasteiger partial charge on any atom is 0.238 e. The number of nitrogens with zero attached hydrogens (tertiary/aromatic N) is 1. The van der Waals surface area contributed by atoms with Crippen LogP contribution in [0.25, 0.3) is 0 Å². The highest BCUT2D eigenvalue weighted by Gasteiger charge is 2.40. The maximum atomic E-state index is 13.6. The Morgan fingerprint density at radius 2 is 0.627 bits per heavy atom. The van der Waals surface area contributed by atoms with Crippen LogP contribution in [0.4, 0.5) is 0 Å². The van der Waals surface area contributed by atoms with Crippen molar-refractivity contribution < 1.29 is 76.9 Å². The summed E-state index contributed by atoms with van der Waals surface area (Å²) in [6.45, 7) is 70.4. The number of ether oxygens (including phenoxy) is 2. The normalized spacial score (nSPS) is 15.0. The highest BCUT2D eigenvalue weighted by Crippen LogP contribution is 2.30. The van der Waals surface area contributed by atoms with Crippen molar-refractivity contribution in [2.24, 2.45) is 124 Å². The van der Waals surface area contributed by atoms with Gasteiger partial charge < -0.3 is 41.2 Å². The molecule has 0 aliphatic heterocycles. The van der Waals surface area contributed by atoms with Gasteiger partial charge in [-0.25, -0.2) is 0 Å². The minimum absolute atomic E-state index is 0.00315. The molecule has 0 saturated heterocycles. The molecule has 0 radical (unpaired) electrons. The van der Waals surface area contributed by atoms with E-state index in [4.69, 9.17) is 9.47 Å². The average molecular weight is 1990 g/mol. The molecule has 6 N–H and O–H groups in total. The van der Waals surface area contributed by atoms with Crippen LogP contribution in [0.5, 0.6) is 0 Å². The van der Waals surface area contributed by atoms with Gasteiger partial charge in [0, 0.05) is 130 Å². The van der Waals surface area contributed by atoms with E-state index in [0.29, 0.717) is 74.7 Å². The molecule has 22 nitrogen and oxygen atoms in total. The Morgan fingerprint density at radius 3 is 0.972 bits per heavy atom. The van der Waals surface area contributed by atoms with Crippen molar-refractivity contribution in [3.05, 3.63) is 108 Å². The van der Waals surface area contributed by atoms with Gasteiger partial charge in [0.15, 0.2) is 23.1 Å². The monoisotopic (exact) mass is 1990 g/mol. The summed E-state index contributed by atoms with van der Waals surface area (Å²) in [7, 11) is 5.05. The van der Waals surface area contributed by atoms with Gasteiger partial charge in [-0.3, -0.25) is 67.2 Å². The molecule has 0 aliphatic rings. The molecule has 812 valence electrons. The molecule has 22 heteroatoms. The number of aliphatic hydroxyl groups excluding tert-OH is 1. The number of aliphatic hydroxyl groups is 1. The zero-order valence-electron chi connectivity index (χ0n) is 96.2. The number of Topliss-reactive ketones (excluding diaryl/α,β-unsaturated/α-hetero) is 10. The number of carbonyl (C=O) groups excluding carboxylic acids is 13. The second-order valence-corrected chi connectivity index (χ2v) is 46.2. The Hall–Kier alpha value is -7.47. The van der Waals surface area contributed by atoms with Crippen molar-refractivity contribution in [1.82, 2.24) is 31.5 Å². The van der Waals surface area contributed by atoms with E-state index in [0.717, 1.165) is 62.5 Å². The number of nitrogens with one attached hydrogen (secondary N) is 5. The fourth-order valence-corrected chi connectivity index (χ4v) is 18.2. The topological polar surface area (TPSA) is 324 Å². The van der Waals surface area contributed by atoms with Gasteiger partial charge in [0.2, 0.25) is 17.7 Å². The molecule has 0 aliphatic carbocycles. The highest BCUT2D eigenvalue weighted by molar-refractivity contribution is 5.97. The van der Waals surface area contributed by atoms with Crippen LogP contribution in [-0.2, 0) is 91.1 Å². The van der Waals surface area contributed by atoms with Crippen LogP contribution in [0.1, 0.15) is 355 Å². The lowest BCUT2D eigenvalue weighted by Gasteiger charge is -2.36. The smallest absolute Gasteiger partial charge is 0.238 e. The van der Waals surface area contributed by atoms with Gasteiger partial charge in [0.25, 0.3) is 0 Å².